The number of hydrogen-bond donors (Lipinski definition) is 1. The molecule has 0 saturated carbocycles. The minimum Gasteiger partial charge on any atom is -0.329 e. The van der Waals surface area contributed by atoms with Crippen LogP contribution in [0.5, 0.6) is 0 Å². The summed E-state index contributed by atoms with van der Waals surface area (Å²) < 4.78 is 36.6. The second kappa shape index (κ2) is 3.88. The maximum atomic E-state index is 12.2. The number of carbonyl (C=O) groups excluding carboxylic acids is 1. The van der Waals surface area contributed by atoms with Gasteiger partial charge in [0, 0.05) is 5.69 Å². The van der Waals surface area contributed by atoms with Crippen molar-refractivity contribution in [3.63, 3.8) is 0 Å². The van der Waals surface area contributed by atoms with E-state index in [0.29, 0.717) is 6.41 Å². The molecule has 0 radical (unpaired) electrons. The third kappa shape index (κ3) is 2.38. The lowest BCUT2D eigenvalue weighted by Gasteiger charge is -2.09. The molecule has 76 valence electrons. The number of alkyl halides is 3. The predicted molar refractivity (Wildman–Crippen MR) is 46.1 cm³/mol. The van der Waals surface area contributed by atoms with Crippen LogP contribution in [-0.4, -0.2) is 6.41 Å². The Bertz CT molecular complexity index is 351. The van der Waals surface area contributed by atoms with Crippen molar-refractivity contribution in [2.24, 2.45) is 0 Å². The van der Waals surface area contributed by atoms with E-state index in [9.17, 15) is 18.0 Å². The molecule has 1 amide bonds. The molecular weight excluding hydrogens is 219 g/mol. The zero-order chi connectivity index (χ0) is 10.8. The van der Waals surface area contributed by atoms with Crippen LogP contribution in [0.15, 0.2) is 18.2 Å². The predicted octanol–water partition coefficient (Wildman–Crippen LogP) is 2.93. The van der Waals surface area contributed by atoms with Crippen LogP contribution in [0.2, 0.25) is 5.02 Å². The van der Waals surface area contributed by atoms with Gasteiger partial charge in [-0.05, 0) is 18.2 Å². The Labute approximate surface area is 82.7 Å². The number of nitrogens with one attached hydrogen (secondary N) is 1. The number of rotatable bonds is 2. The Kier molecular flexibility index (Phi) is 3.00. The van der Waals surface area contributed by atoms with Gasteiger partial charge in [-0.15, -0.1) is 0 Å². The van der Waals surface area contributed by atoms with E-state index in [0.717, 1.165) is 18.2 Å². The summed E-state index contributed by atoms with van der Waals surface area (Å²) in [5.74, 6) is 0. The summed E-state index contributed by atoms with van der Waals surface area (Å²) >= 11 is 5.37. The first-order valence-corrected chi connectivity index (χ1v) is 3.90. The van der Waals surface area contributed by atoms with E-state index in [1.54, 1.807) is 0 Å². The van der Waals surface area contributed by atoms with E-state index in [-0.39, 0.29) is 5.69 Å². The Morgan fingerprint density at radius 2 is 2.00 bits per heavy atom. The lowest BCUT2D eigenvalue weighted by Crippen LogP contribution is -2.06. The molecule has 14 heavy (non-hydrogen) atoms. The minimum atomic E-state index is -4.48. The van der Waals surface area contributed by atoms with Crippen LogP contribution >= 0.6 is 11.6 Å². The highest BCUT2D eigenvalue weighted by Gasteiger charge is 2.32. The van der Waals surface area contributed by atoms with Crippen molar-refractivity contribution in [1.29, 1.82) is 0 Å². The van der Waals surface area contributed by atoms with Crippen LogP contribution in [-0.2, 0) is 11.0 Å². The van der Waals surface area contributed by atoms with Crippen molar-refractivity contribution in [2.45, 2.75) is 6.18 Å². The van der Waals surface area contributed by atoms with E-state index in [1.165, 1.54) is 0 Å². The molecule has 0 aromatic heterocycles. The highest BCUT2D eigenvalue weighted by atomic mass is 35.5. The number of halogens is 4. The lowest BCUT2D eigenvalue weighted by atomic mass is 10.2. The summed E-state index contributed by atoms with van der Waals surface area (Å²) in [6.45, 7) is 0. The first kappa shape index (κ1) is 10.8. The molecule has 0 aliphatic carbocycles. The van der Waals surface area contributed by atoms with E-state index in [2.05, 4.69) is 5.32 Å². The second-order valence-corrected chi connectivity index (χ2v) is 2.86. The molecule has 6 heteroatoms. The third-order valence-corrected chi connectivity index (χ3v) is 1.81. The molecule has 0 fully saturated rings. The maximum absolute atomic E-state index is 12.2. The van der Waals surface area contributed by atoms with Crippen molar-refractivity contribution in [3.8, 4) is 0 Å². The maximum Gasteiger partial charge on any atom is 0.417 e. The Morgan fingerprint density at radius 1 is 1.36 bits per heavy atom. The fourth-order valence-electron chi connectivity index (χ4n) is 0.903. The SMILES string of the molecule is O=CNc1ccc(C(F)(F)F)c(Cl)c1. The Morgan fingerprint density at radius 3 is 2.43 bits per heavy atom. The van der Waals surface area contributed by atoms with Crippen LogP contribution in [0, 0.1) is 0 Å². The standard InChI is InChI=1S/C8H5ClF3NO/c9-7-3-5(13-4-14)1-2-6(7)8(10,11)12/h1-4H,(H,13,14). The summed E-state index contributed by atoms with van der Waals surface area (Å²) in [5.41, 5.74) is -0.700. The molecule has 1 aromatic rings. The largest absolute Gasteiger partial charge is 0.417 e. The normalized spacial score (nSPS) is 11.1. The molecule has 0 unspecified atom stereocenters. The van der Waals surface area contributed by atoms with Gasteiger partial charge in [-0.3, -0.25) is 4.79 Å². The molecule has 2 nitrogen and oxygen atoms in total. The monoisotopic (exact) mass is 223 g/mol. The van der Waals surface area contributed by atoms with Crippen molar-refractivity contribution < 1.29 is 18.0 Å². The van der Waals surface area contributed by atoms with E-state index < -0.39 is 16.8 Å². The van der Waals surface area contributed by atoms with Crippen molar-refractivity contribution >= 4 is 23.7 Å². The molecular formula is C8H5ClF3NO. The molecule has 0 aliphatic rings. The average Bonchev–Trinajstić information content (AvgIpc) is 2.02. The molecule has 0 saturated heterocycles. The van der Waals surface area contributed by atoms with Crippen LogP contribution in [0.1, 0.15) is 5.56 Å². The average molecular weight is 224 g/mol. The quantitative estimate of drug-likeness (QED) is 0.768. The van der Waals surface area contributed by atoms with Gasteiger partial charge in [0.2, 0.25) is 6.41 Å². The summed E-state index contributed by atoms with van der Waals surface area (Å²) in [4.78, 5) is 9.99. The number of amides is 1. The molecule has 0 bridgehead atoms. The molecule has 1 N–H and O–H groups in total. The molecule has 0 atom stereocenters. The van der Waals surface area contributed by atoms with Gasteiger partial charge in [-0.2, -0.15) is 13.2 Å². The van der Waals surface area contributed by atoms with Crippen LogP contribution in [0.4, 0.5) is 18.9 Å². The Hall–Kier alpha value is -1.23. The number of hydrogen-bond acceptors (Lipinski definition) is 1. The minimum absolute atomic E-state index is 0.220. The summed E-state index contributed by atoms with van der Waals surface area (Å²) in [5, 5.41) is 1.75. The third-order valence-electron chi connectivity index (χ3n) is 1.50. The second-order valence-electron chi connectivity index (χ2n) is 2.45. The highest BCUT2D eigenvalue weighted by molar-refractivity contribution is 6.31. The van der Waals surface area contributed by atoms with Gasteiger partial charge in [0.05, 0.1) is 10.6 Å². The first-order valence-electron chi connectivity index (χ1n) is 3.52. The molecule has 0 heterocycles. The first-order chi connectivity index (χ1) is 6.45. The smallest absolute Gasteiger partial charge is 0.329 e. The van der Waals surface area contributed by atoms with Crippen molar-refractivity contribution in [3.05, 3.63) is 28.8 Å². The molecule has 0 aliphatic heterocycles. The highest BCUT2D eigenvalue weighted by Crippen LogP contribution is 2.35. The fourth-order valence-corrected chi connectivity index (χ4v) is 1.19. The van der Waals surface area contributed by atoms with E-state index >= 15 is 0 Å². The van der Waals surface area contributed by atoms with Crippen LogP contribution < -0.4 is 5.32 Å². The van der Waals surface area contributed by atoms with Gasteiger partial charge in [-0.1, -0.05) is 11.6 Å². The zero-order valence-corrected chi connectivity index (χ0v) is 7.49. The molecule has 1 aromatic carbocycles. The molecule has 1 rings (SSSR count). The number of benzene rings is 1. The summed E-state index contributed by atoms with van der Waals surface area (Å²) in [6, 6.07) is 2.98. The Balaban J connectivity index is 3.07. The topological polar surface area (TPSA) is 29.1 Å². The van der Waals surface area contributed by atoms with Crippen LogP contribution in [0.25, 0.3) is 0 Å². The van der Waals surface area contributed by atoms with Crippen molar-refractivity contribution in [1.82, 2.24) is 0 Å². The number of carbonyl (C=O) groups is 1. The number of anilines is 1. The van der Waals surface area contributed by atoms with E-state index in [1.807, 2.05) is 0 Å². The summed E-state index contributed by atoms with van der Waals surface area (Å²) in [7, 11) is 0. The van der Waals surface area contributed by atoms with Gasteiger partial charge in [0.15, 0.2) is 0 Å². The van der Waals surface area contributed by atoms with Gasteiger partial charge >= 0.3 is 6.18 Å². The van der Waals surface area contributed by atoms with E-state index in [4.69, 9.17) is 11.6 Å². The zero-order valence-electron chi connectivity index (χ0n) is 6.73. The van der Waals surface area contributed by atoms with Crippen LogP contribution in [0.3, 0.4) is 0 Å². The van der Waals surface area contributed by atoms with Gasteiger partial charge < -0.3 is 5.32 Å². The van der Waals surface area contributed by atoms with Gasteiger partial charge in [0.1, 0.15) is 0 Å². The van der Waals surface area contributed by atoms with Gasteiger partial charge in [-0.25, -0.2) is 0 Å². The fraction of sp³-hybridized carbons (Fsp3) is 0.125. The lowest BCUT2D eigenvalue weighted by molar-refractivity contribution is -0.137. The molecule has 0 spiro atoms. The summed E-state index contributed by atoms with van der Waals surface area (Å²) in [6.07, 6.45) is -4.12. The van der Waals surface area contributed by atoms with Gasteiger partial charge in [0.25, 0.3) is 0 Å². The van der Waals surface area contributed by atoms with Crippen molar-refractivity contribution in [2.75, 3.05) is 5.32 Å².